The molecule has 120 valence electrons. The number of anilines is 2. The summed E-state index contributed by atoms with van der Waals surface area (Å²) >= 11 is 0. The van der Waals surface area contributed by atoms with Gasteiger partial charge in [0.25, 0.3) is 5.82 Å². The number of piperazine rings is 1. The summed E-state index contributed by atoms with van der Waals surface area (Å²) in [6.07, 6.45) is 1.91. The van der Waals surface area contributed by atoms with E-state index in [1.165, 1.54) is 0 Å². The quantitative estimate of drug-likeness (QED) is 0.941. The molecule has 6 nitrogen and oxygen atoms in total. The van der Waals surface area contributed by atoms with Gasteiger partial charge < -0.3 is 15.0 Å². The first kappa shape index (κ1) is 15.1. The van der Waals surface area contributed by atoms with Gasteiger partial charge in [-0.15, -0.1) is 0 Å². The van der Waals surface area contributed by atoms with Crippen molar-refractivity contribution in [1.29, 1.82) is 0 Å². The van der Waals surface area contributed by atoms with Crippen LogP contribution in [0.5, 0.6) is 5.75 Å². The molecule has 2 heterocycles. The molecular weight excluding hydrogens is 292 g/mol. The van der Waals surface area contributed by atoms with Crippen LogP contribution >= 0.6 is 0 Å². The number of hydrogen-bond donors (Lipinski definition) is 1. The summed E-state index contributed by atoms with van der Waals surface area (Å²) in [5, 5.41) is 2.92. The molecule has 0 saturated carbocycles. The zero-order chi connectivity index (χ0) is 16.1. The van der Waals surface area contributed by atoms with Gasteiger partial charge >= 0.3 is 6.03 Å². The van der Waals surface area contributed by atoms with Crippen molar-refractivity contribution < 1.29 is 14.5 Å². The fraction of sp³-hybridized carbons (Fsp3) is 0.294. The van der Waals surface area contributed by atoms with E-state index in [-0.39, 0.29) is 6.03 Å². The molecule has 6 heteroatoms. The normalized spacial score (nSPS) is 14.5. The average Bonchev–Trinajstić information content (AvgIpc) is 2.63. The third-order valence-electron chi connectivity index (χ3n) is 3.94. The van der Waals surface area contributed by atoms with E-state index in [1.54, 1.807) is 7.11 Å². The zero-order valence-corrected chi connectivity index (χ0v) is 13.2. The van der Waals surface area contributed by atoms with Gasteiger partial charge in [0.2, 0.25) is 0 Å². The van der Waals surface area contributed by atoms with E-state index >= 15 is 0 Å². The highest BCUT2D eigenvalue weighted by Crippen LogP contribution is 2.16. The Balaban J connectivity index is 1.53. The van der Waals surface area contributed by atoms with Crippen molar-refractivity contribution in [1.82, 2.24) is 4.90 Å². The molecule has 1 aliphatic rings. The maximum atomic E-state index is 12.3. The molecular formula is C17H21N4O2+. The maximum Gasteiger partial charge on any atom is 0.322 e. The predicted octanol–water partition coefficient (Wildman–Crippen LogP) is 1.86. The Morgan fingerprint density at radius 2 is 1.83 bits per heavy atom. The molecule has 1 aliphatic heterocycles. The number of nitrogens with one attached hydrogen (secondary N) is 2. The Labute approximate surface area is 135 Å². The van der Waals surface area contributed by atoms with E-state index in [0.717, 1.165) is 30.3 Å². The van der Waals surface area contributed by atoms with E-state index < -0.39 is 0 Å². The number of carbonyl (C=O) groups excluding carboxylic acids is 1. The smallest absolute Gasteiger partial charge is 0.322 e. The van der Waals surface area contributed by atoms with Gasteiger partial charge in [0, 0.05) is 11.8 Å². The first-order valence-electron chi connectivity index (χ1n) is 7.68. The van der Waals surface area contributed by atoms with Crippen LogP contribution in [-0.4, -0.2) is 44.2 Å². The fourth-order valence-corrected chi connectivity index (χ4v) is 2.61. The number of carbonyl (C=O) groups is 1. The molecule has 0 spiro atoms. The van der Waals surface area contributed by atoms with Crippen molar-refractivity contribution in [2.24, 2.45) is 0 Å². The Morgan fingerprint density at radius 1 is 1.09 bits per heavy atom. The lowest BCUT2D eigenvalue weighted by Crippen LogP contribution is -2.51. The van der Waals surface area contributed by atoms with Gasteiger partial charge in [0.05, 0.1) is 26.4 Å². The largest absolute Gasteiger partial charge is 0.497 e. The van der Waals surface area contributed by atoms with Crippen LogP contribution in [0.4, 0.5) is 16.3 Å². The summed E-state index contributed by atoms with van der Waals surface area (Å²) in [4.78, 5) is 19.6. The lowest BCUT2D eigenvalue weighted by Gasteiger charge is -2.31. The molecule has 2 N–H and O–H groups in total. The van der Waals surface area contributed by atoms with Crippen LogP contribution in [-0.2, 0) is 0 Å². The minimum absolute atomic E-state index is 0.0631. The highest BCUT2D eigenvalue weighted by atomic mass is 16.5. The second-order valence-electron chi connectivity index (χ2n) is 5.38. The Kier molecular flexibility index (Phi) is 4.61. The van der Waals surface area contributed by atoms with Crippen molar-refractivity contribution in [3.05, 3.63) is 48.7 Å². The average molecular weight is 313 g/mol. The number of benzene rings is 1. The number of urea groups is 1. The molecule has 0 radical (unpaired) electrons. The van der Waals surface area contributed by atoms with Crippen molar-refractivity contribution in [3.8, 4) is 5.75 Å². The molecule has 1 aromatic carbocycles. The fourth-order valence-electron chi connectivity index (χ4n) is 2.61. The van der Waals surface area contributed by atoms with Crippen molar-refractivity contribution in [2.75, 3.05) is 43.5 Å². The van der Waals surface area contributed by atoms with Crippen molar-refractivity contribution in [2.45, 2.75) is 0 Å². The number of methoxy groups -OCH3 is 1. The molecule has 1 fully saturated rings. The van der Waals surface area contributed by atoms with Crippen LogP contribution in [0.1, 0.15) is 0 Å². The topological polar surface area (TPSA) is 59.0 Å². The molecule has 0 atom stereocenters. The highest BCUT2D eigenvalue weighted by molar-refractivity contribution is 5.89. The Hall–Kier alpha value is -2.76. The summed E-state index contributed by atoms with van der Waals surface area (Å²) in [5.41, 5.74) is 0.773. The van der Waals surface area contributed by atoms with Gasteiger partial charge in [-0.05, 0) is 30.3 Å². The van der Waals surface area contributed by atoms with Crippen LogP contribution in [0.25, 0.3) is 0 Å². The number of nitrogens with zero attached hydrogens (tertiary/aromatic N) is 2. The van der Waals surface area contributed by atoms with Crippen LogP contribution in [0.15, 0.2) is 48.7 Å². The van der Waals surface area contributed by atoms with Gasteiger partial charge in [-0.3, -0.25) is 4.90 Å². The van der Waals surface area contributed by atoms with Crippen LogP contribution in [0.3, 0.4) is 0 Å². The Bertz CT molecular complexity index is 637. The maximum absolute atomic E-state index is 12.3. The van der Waals surface area contributed by atoms with E-state index in [1.807, 2.05) is 53.6 Å². The van der Waals surface area contributed by atoms with Crippen molar-refractivity contribution >= 4 is 17.5 Å². The summed E-state index contributed by atoms with van der Waals surface area (Å²) in [6, 6.07) is 13.3. The number of ether oxygens (including phenoxy) is 1. The zero-order valence-electron chi connectivity index (χ0n) is 13.2. The monoisotopic (exact) mass is 313 g/mol. The molecule has 1 saturated heterocycles. The second kappa shape index (κ2) is 7.00. The van der Waals surface area contributed by atoms with Crippen molar-refractivity contribution in [3.63, 3.8) is 0 Å². The Morgan fingerprint density at radius 3 is 2.43 bits per heavy atom. The molecule has 2 aromatic rings. The molecule has 0 unspecified atom stereocenters. The number of pyridine rings is 1. The summed E-state index contributed by atoms with van der Waals surface area (Å²) < 4.78 is 5.11. The van der Waals surface area contributed by atoms with E-state index in [0.29, 0.717) is 13.1 Å². The van der Waals surface area contributed by atoms with Gasteiger partial charge in [-0.2, -0.15) is 0 Å². The number of aromatic nitrogens is 1. The predicted molar refractivity (Wildman–Crippen MR) is 88.8 cm³/mol. The van der Waals surface area contributed by atoms with Gasteiger partial charge in [-0.1, -0.05) is 6.07 Å². The van der Waals surface area contributed by atoms with Crippen LogP contribution < -0.4 is 19.9 Å². The highest BCUT2D eigenvalue weighted by Gasteiger charge is 2.25. The van der Waals surface area contributed by atoms with Crippen LogP contribution in [0.2, 0.25) is 0 Å². The summed E-state index contributed by atoms with van der Waals surface area (Å²) in [7, 11) is 1.62. The lowest BCUT2D eigenvalue weighted by atomic mass is 10.3. The third kappa shape index (κ3) is 3.71. The second-order valence-corrected chi connectivity index (χ2v) is 5.38. The molecule has 1 aromatic heterocycles. The number of hydrogen-bond acceptors (Lipinski definition) is 3. The third-order valence-corrected chi connectivity index (χ3v) is 3.94. The molecule has 0 bridgehead atoms. The molecule has 3 rings (SSSR count). The van der Waals surface area contributed by atoms with E-state index in [4.69, 9.17) is 4.74 Å². The molecule has 23 heavy (non-hydrogen) atoms. The number of aromatic amines is 1. The van der Waals surface area contributed by atoms with Gasteiger partial charge in [0.15, 0.2) is 0 Å². The van der Waals surface area contributed by atoms with Crippen LogP contribution in [0, 0.1) is 0 Å². The number of rotatable bonds is 3. The summed E-state index contributed by atoms with van der Waals surface area (Å²) in [5.74, 6) is 1.86. The minimum atomic E-state index is -0.0631. The van der Waals surface area contributed by atoms with E-state index in [9.17, 15) is 4.79 Å². The van der Waals surface area contributed by atoms with E-state index in [2.05, 4.69) is 15.2 Å². The summed E-state index contributed by atoms with van der Waals surface area (Å²) in [6.45, 7) is 3.03. The first-order valence-corrected chi connectivity index (χ1v) is 7.68. The van der Waals surface area contributed by atoms with Gasteiger partial charge in [-0.25, -0.2) is 9.78 Å². The standard InChI is InChI=1S/C17H20N4O2/c1-23-15-7-5-14(6-8-15)19-17(22)21-12-10-20(11-13-21)16-4-2-3-9-18-16/h2-9H,10-13H2,1H3,(H,19,22)/p+1. The minimum Gasteiger partial charge on any atom is -0.497 e. The number of H-pyrrole nitrogens is 1. The van der Waals surface area contributed by atoms with Gasteiger partial charge in [0.1, 0.15) is 18.8 Å². The molecule has 2 amide bonds. The SMILES string of the molecule is COc1ccc(NC(=O)N2CCN(c3cccc[nH+]3)CC2)cc1. The first-order chi connectivity index (χ1) is 11.3. The lowest BCUT2D eigenvalue weighted by molar-refractivity contribution is -0.364. The molecule has 0 aliphatic carbocycles. The number of amides is 2.